The Labute approximate surface area is 840 Å². The number of hydrogen-bond acceptors (Lipinski definition) is 3. The number of para-hydroxylation sites is 3. The van der Waals surface area contributed by atoms with E-state index in [2.05, 4.69) is 480 Å². The minimum absolute atomic E-state index is 0.274. The van der Waals surface area contributed by atoms with Crippen LogP contribution in [0.25, 0.3) is 280 Å². The van der Waals surface area contributed by atoms with Crippen molar-refractivity contribution in [2.24, 2.45) is 0 Å². The third-order valence-electron chi connectivity index (χ3n) is 29.8. The Hall–Kier alpha value is -19.3. The van der Waals surface area contributed by atoms with Crippen molar-refractivity contribution in [3.63, 3.8) is 0 Å². The van der Waals surface area contributed by atoms with E-state index in [-0.39, 0.29) is 5.82 Å². The maximum atomic E-state index is 16.3. The van der Waals surface area contributed by atoms with Crippen LogP contribution in [0.1, 0.15) is 0 Å². The molecule has 0 N–H and O–H groups in total. The van der Waals surface area contributed by atoms with Crippen LogP contribution in [0.5, 0.6) is 0 Å². The first kappa shape index (κ1) is 84.7. The van der Waals surface area contributed by atoms with E-state index in [0.717, 1.165) is 116 Å². The highest BCUT2D eigenvalue weighted by atomic mass is 19.1. The number of rotatable bonds is 11. The van der Waals surface area contributed by atoms with Crippen molar-refractivity contribution >= 4 is 173 Å². The summed E-state index contributed by atoms with van der Waals surface area (Å²) in [7, 11) is 0. The molecule has 0 bridgehead atoms. The highest BCUT2D eigenvalue weighted by Crippen LogP contribution is 2.52. The molecule has 680 valence electrons. The molecule has 30 rings (SSSR count). The van der Waals surface area contributed by atoms with Gasteiger partial charge in [-0.2, -0.15) is 0 Å². The first-order valence-corrected chi connectivity index (χ1v) is 49.8. The van der Waals surface area contributed by atoms with Crippen molar-refractivity contribution in [3.05, 3.63) is 534 Å². The third kappa shape index (κ3) is 14.3. The summed E-state index contributed by atoms with van der Waals surface area (Å²) in [6.07, 6.45) is 5.67. The van der Waals surface area contributed by atoms with Gasteiger partial charge in [0.1, 0.15) is 11.5 Å². The van der Waals surface area contributed by atoms with E-state index >= 15 is 4.39 Å². The van der Waals surface area contributed by atoms with E-state index in [0.29, 0.717) is 5.56 Å². The molecular weight excluding hydrogens is 1770 g/mol. The standard InChI is InChI=1S/C51H32N2.C45H28N2.C43H27FN2/c1-2-14-35(15-3-1)46-28-29-48-51(52-46)44-20-10-11-21-47(44)53(48)40-26-27-43-45(32-40)50(39-25-23-34-13-5-7-17-37(34)31-39)42-19-9-8-18-41(42)49(43)38-24-22-33-12-4-6-16-36(33)30-38;1-3-11-31-25-33(19-17-29(31)9-1)44-37-14-5-6-15-38(37)45(34-20-18-30-10-2-4-12-32(30)26-34)40-27-35(21-22-39(40)44)47-42-16-8-7-13-36(42)41-28-46-24-23-43(41)47;44-39-27-31(46-40-20-10-9-16-33(40)37-19-11-25-45-43(37)46)22-24-32(39)30-21-23-36-38(26-30)42(29-14-5-2-6-15-29)35-18-8-7-17-34(35)41(36)28-12-3-1-4-13-28/h1-32H;1-28H;1-27H. The average molecular weight is 1860 g/mol. The van der Waals surface area contributed by atoms with E-state index in [9.17, 15) is 0 Å². The largest absolute Gasteiger partial charge is 0.309 e. The molecule has 0 fully saturated rings. The number of pyridine rings is 3. The molecule has 30 aromatic rings. The quantitative estimate of drug-likeness (QED) is 0.121. The molecule has 0 amide bonds. The molecule has 146 heavy (non-hydrogen) atoms. The fraction of sp³-hybridized carbons (Fsp3) is 0. The summed E-state index contributed by atoms with van der Waals surface area (Å²) < 4.78 is 23.1. The van der Waals surface area contributed by atoms with Gasteiger partial charge >= 0.3 is 0 Å². The summed E-state index contributed by atoms with van der Waals surface area (Å²) in [6, 6.07) is 182. The van der Waals surface area contributed by atoms with E-state index in [1.807, 2.05) is 59.4 Å². The van der Waals surface area contributed by atoms with Crippen LogP contribution in [0.2, 0.25) is 0 Å². The van der Waals surface area contributed by atoms with E-state index in [4.69, 9.17) is 4.98 Å². The Bertz CT molecular complexity index is 10500. The predicted molar refractivity (Wildman–Crippen MR) is 614 cm³/mol. The van der Waals surface area contributed by atoms with Gasteiger partial charge in [-0.05, 0) is 301 Å². The molecule has 0 saturated heterocycles. The smallest absolute Gasteiger partial charge is 0.145 e. The number of nitrogens with zero attached hydrogens (tertiary/aromatic N) is 6. The molecule has 6 nitrogen and oxygen atoms in total. The summed E-state index contributed by atoms with van der Waals surface area (Å²) in [5.74, 6) is -0.274. The molecule has 7 heteroatoms. The summed E-state index contributed by atoms with van der Waals surface area (Å²) in [5.41, 5.74) is 28.4. The lowest BCUT2D eigenvalue weighted by atomic mass is 9.85. The van der Waals surface area contributed by atoms with Gasteiger partial charge in [0.15, 0.2) is 0 Å². The highest BCUT2D eigenvalue weighted by Gasteiger charge is 2.27. The molecule has 0 aliphatic carbocycles. The van der Waals surface area contributed by atoms with Crippen molar-refractivity contribution in [2.75, 3.05) is 0 Å². The number of hydrogen-bond donors (Lipinski definition) is 0. The lowest BCUT2D eigenvalue weighted by Gasteiger charge is -2.20. The van der Waals surface area contributed by atoms with Crippen LogP contribution < -0.4 is 0 Å². The van der Waals surface area contributed by atoms with Gasteiger partial charge in [0.25, 0.3) is 0 Å². The summed E-state index contributed by atoms with van der Waals surface area (Å²) in [4.78, 5) is 14.4. The molecular formula is C139H87FN6. The number of fused-ring (bicyclic) bond motifs is 19. The zero-order valence-corrected chi connectivity index (χ0v) is 79.3. The number of halogens is 1. The van der Waals surface area contributed by atoms with Crippen LogP contribution in [-0.2, 0) is 0 Å². The zero-order valence-electron chi connectivity index (χ0n) is 79.3. The van der Waals surface area contributed by atoms with E-state index < -0.39 is 0 Å². The Morgan fingerprint density at radius 2 is 0.507 bits per heavy atom. The lowest BCUT2D eigenvalue weighted by molar-refractivity contribution is 0.630. The summed E-state index contributed by atoms with van der Waals surface area (Å²) >= 11 is 0. The van der Waals surface area contributed by atoms with Crippen molar-refractivity contribution in [1.82, 2.24) is 28.7 Å². The molecule has 0 spiro atoms. The van der Waals surface area contributed by atoms with Gasteiger partial charge in [-0.25, -0.2) is 14.4 Å². The minimum atomic E-state index is -0.274. The molecule has 0 radical (unpaired) electrons. The van der Waals surface area contributed by atoms with E-state index in [1.165, 1.54) is 158 Å². The molecule has 0 atom stereocenters. The second-order valence-corrected chi connectivity index (χ2v) is 38.0. The van der Waals surface area contributed by atoms with Gasteiger partial charge in [0.2, 0.25) is 0 Å². The molecule has 0 saturated carbocycles. The number of benzene rings is 24. The van der Waals surface area contributed by atoms with Crippen molar-refractivity contribution in [3.8, 4) is 106 Å². The third-order valence-corrected chi connectivity index (χ3v) is 29.8. The highest BCUT2D eigenvalue weighted by molar-refractivity contribution is 6.27. The Balaban J connectivity index is 0.000000106. The first-order valence-electron chi connectivity index (χ1n) is 49.8. The minimum Gasteiger partial charge on any atom is -0.309 e. The maximum absolute atomic E-state index is 16.3. The second kappa shape index (κ2) is 35.2. The van der Waals surface area contributed by atoms with Crippen LogP contribution in [0, 0.1) is 5.82 Å². The fourth-order valence-electron chi connectivity index (χ4n) is 23.3. The Kier molecular flexibility index (Phi) is 20.4. The molecule has 24 aromatic carbocycles. The van der Waals surface area contributed by atoms with Gasteiger partial charge in [-0.3, -0.25) is 9.55 Å². The van der Waals surface area contributed by atoms with Crippen LogP contribution in [0.15, 0.2) is 528 Å². The fourth-order valence-corrected chi connectivity index (χ4v) is 23.3. The monoisotopic (exact) mass is 1860 g/mol. The molecule has 0 aliphatic rings. The van der Waals surface area contributed by atoms with Gasteiger partial charge in [-0.15, -0.1) is 0 Å². The molecule has 0 aliphatic heterocycles. The Morgan fingerprint density at radius 1 is 0.178 bits per heavy atom. The van der Waals surface area contributed by atoms with Gasteiger partial charge in [-0.1, -0.05) is 388 Å². The summed E-state index contributed by atoms with van der Waals surface area (Å²) in [5, 5.41) is 30.2. The van der Waals surface area contributed by atoms with Crippen molar-refractivity contribution < 1.29 is 4.39 Å². The van der Waals surface area contributed by atoms with E-state index in [1.54, 1.807) is 12.3 Å². The van der Waals surface area contributed by atoms with Crippen LogP contribution in [-0.4, -0.2) is 28.7 Å². The van der Waals surface area contributed by atoms with Crippen LogP contribution in [0.4, 0.5) is 4.39 Å². The topological polar surface area (TPSA) is 53.5 Å². The first-order chi connectivity index (χ1) is 72.4. The van der Waals surface area contributed by atoms with Crippen molar-refractivity contribution in [2.45, 2.75) is 0 Å². The normalized spacial score (nSPS) is 11.7. The zero-order chi connectivity index (χ0) is 96.4. The Morgan fingerprint density at radius 3 is 0.979 bits per heavy atom. The second-order valence-electron chi connectivity index (χ2n) is 38.0. The predicted octanol–water partition coefficient (Wildman–Crippen LogP) is 37.5. The maximum Gasteiger partial charge on any atom is 0.145 e. The molecule has 6 heterocycles. The lowest BCUT2D eigenvalue weighted by Crippen LogP contribution is -1.97. The van der Waals surface area contributed by atoms with Gasteiger partial charge in [0, 0.05) is 68.0 Å². The molecule has 6 aromatic heterocycles. The number of aromatic nitrogens is 6. The van der Waals surface area contributed by atoms with Crippen LogP contribution >= 0.6 is 0 Å². The SMILES string of the molecule is Fc1cc(-n2c3ccccc3c3cccnc32)ccc1-c1ccc2c(-c3ccccc3)c3ccccc3c(-c3ccccc3)c2c1.c1ccc(-c2ccc3c(n2)c2ccccc2n3-c2ccc3c(-c4ccc5ccccc5c4)c4ccccc4c(-c4ccc5ccccc5c4)c3c2)cc1.c1ccc2cc(-c3c4ccccc4c(-c4ccc5ccccc5c4)c4cc(-n5c6ccccc6c6cnccc65)ccc34)ccc2c1. The average Bonchev–Trinajstić information content (AvgIpc) is 1.34. The van der Waals surface area contributed by atoms with Gasteiger partial charge < -0.3 is 9.13 Å². The van der Waals surface area contributed by atoms with Gasteiger partial charge in [0.05, 0.1) is 44.5 Å². The van der Waals surface area contributed by atoms with Crippen molar-refractivity contribution in [1.29, 1.82) is 0 Å². The van der Waals surface area contributed by atoms with Crippen LogP contribution in [0.3, 0.4) is 0 Å². The molecule has 0 unspecified atom stereocenters. The summed E-state index contributed by atoms with van der Waals surface area (Å²) in [6.45, 7) is 0.